The van der Waals surface area contributed by atoms with Gasteiger partial charge in [0.2, 0.25) is 0 Å². The summed E-state index contributed by atoms with van der Waals surface area (Å²) in [7, 11) is 0. The van der Waals surface area contributed by atoms with Crippen LogP contribution in [0.5, 0.6) is 0 Å². The molecule has 0 saturated carbocycles. The van der Waals surface area contributed by atoms with Crippen LogP contribution in [0.1, 0.15) is 35.5 Å². The second-order valence-corrected chi connectivity index (χ2v) is 4.15. The quantitative estimate of drug-likeness (QED) is 0.418. The molecule has 6 nitrogen and oxygen atoms in total. The molecule has 102 valence electrons. The van der Waals surface area contributed by atoms with Gasteiger partial charge in [-0.2, -0.15) is 0 Å². The first-order chi connectivity index (χ1) is 8.79. The Balaban J connectivity index is 3.64. The van der Waals surface area contributed by atoms with Crippen LogP contribution < -0.4 is 11.5 Å². The third-order valence-corrected chi connectivity index (χ3v) is 2.56. The lowest BCUT2D eigenvalue weighted by atomic mass is 10.0. The first-order valence-corrected chi connectivity index (χ1v) is 5.69. The fourth-order valence-corrected chi connectivity index (χ4v) is 1.84. The molecule has 0 aliphatic rings. The van der Waals surface area contributed by atoms with Crippen LogP contribution in [0.2, 0.25) is 0 Å². The standard InChI is InChI=1S/C13H17N3O3/c1-4-9-6-16(5-7(2)14)11(8(3)17)10(9)12(18)13(15)19/h5-6,17H,3-4,14H2,1-2H3,(H2,15,19)/b7-5-. The molecule has 0 atom stereocenters. The molecule has 0 bridgehead atoms. The van der Waals surface area contributed by atoms with Crippen molar-refractivity contribution >= 4 is 23.6 Å². The fraction of sp³-hybridized carbons (Fsp3) is 0.231. The van der Waals surface area contributed by atoms with Gasteiger partial charge in [-0.1, -0.05) is 13.5 Å². The van der Waals surface area contributed by atoms with Gasteiger partial charge in [0.25, 0.3) is 11.7 Å². The molecule has 6 heteroatoms. The summed E-state index contributed by atoms with van der Waals surface area (Å²) in [5.41, 5.74) is 11.9. The van der Waals surface area contributed by atoms with Gasteiger partial charge in [-0.3, -0.25) is 9.59 Å². The number of ketones is 1. The molecule has 0 unspecified atom stereocenters. The molecule has 0 radical (unpaired) electrons. The van der Waals surface area contributed by atoms with Crippen molar-refractivity contribution in [3.63, 3.8) is 0 Å². The lowest BCUT2D eigenvalue weighted by Gasteiger charge is -2.06. The van der Waals surface area contributed by atoms with Gasteiger partial charge in [0.15, 0.2) is 0 Å². The molecule has 1 heterocycles. The Hall–Kier alpha value is -2.50. The summed E-state index contributed by atoms with van der Waals surface area (Å²) in [4.78, 5) is 22.9. The number of amides is 1. The van der Waals surface area contributed by atoms with Crippen molar-refractivity contribution in [1.29, 1.82) is 0 Å². The van der Waals surface area contributed by atoms with E-state index in [0.29, 0.717) is 17.7 Å². The summed E-state index contributed by atoms with van der Waals surface area (Å²) < 4.78 is 1.46. The predicted molar refractivity (Wildman–Crippen MR) is 73.1 cm³/mol. The number of nitrogens with two attached hydrogens (primary N) is 2. The summed E-state index contributed by atoms with van der Waals surface area (Å²) in [5, 5.41) is 9.65. The minimum Gasteiger partial charge on any atom is -0.506 e. The molecule has 5 N–H and O–H groups in total. The maximum atomic E-state index is 11.9. The van der Waals surface area contributed by atoms with Crippen LogP contribution in [-0.4, -0.2) is 21.4 Å². The molecule has 0 saturated heterocycles. The number of aryl methyl sites for hydroxylation is 1. The van der Waals surface area contributed by atoms with Crippen LogP contribution in [-0.2, 0) is 11.2 Å². The lowest BCUT2D eigenvalue weighted by molar-refractivity contribution is -0.114. The lowest BCUT2D eigenvalue weighted by Crippen LogP contribution is -2.24. The molecule has 0 aliphatic carbocycles. The first kappa shape index (κ1) is 14.6. The molecule has 19 heavy (non-hydrogen) atoms. The van der Waals surface area contributed by atoms with Gasteiger partial charge in [0, 0.05) is 18.1 Å². The predicted octanol–water partition coefficient (Wildman–Crippen LogP) is 1.02. The number of carbonyl (C=O) groups excluding carboxylic acids is 2. The maximum absolute atomic E-state index is 11.9. The van der Waals surface area contributed by atoms with E-state index in [-0.39, 0.29) is 17.0 Å². The van der Waals surface area contributed by atoms with Crippen LogP contribution in [0.25, 0.3) is 12.0 Å². The van der Waals surface area contributed by atoms with Crippen LogP contribution in [0.15, 0.2) is 18.5 Å². The van der Waals surface area contributed by atoms with Crippen LogP contribution >= 0.6 is 0 Å². The minimum atomic E-state index is -1.08. The molecule has 1 aromatic heterocycles. The van der Waals surface area contributed by atoms with E-state index in [4.69, 9.17) is 11.5 Å². The van der Waals surface area contributed by atoms with Crippen molar-refractivity contribution in [2.45, 2.75) is 20.3 Å². The zero-order chi connectivity index (χ0) is 14.7. The SMILES string of the molecule is C=C(O)c1c(C(=O)C(N)=O)c(CC)cn1/C=C(/C)N. The molecular formula is C13H17N3O3. The van der Waals surface area contributed by atoms with Crippen LogP contribution in [0.3, 0.4) is 0 Å². The number of hydrogen-bond acceptors (Lipinski definition) is 4. The summed E-state index contributed by atoms with van der Waals surface area (Å²) in [6.07, 6.45) is 3.63. The molecule has 0 aromatic carbocycles. The van der Waals surface area contributed by atoms with Gasteiger partial charge < -0.3 is 21.1 Å². The number of nitrogens with zero attached hydrogens (tertiary/aromatic N) is 1. The van der Waals surface area contributed by atoms with Gasteiger partial charge in [0.1, 0.15) is 5.76 Å². The highest BCUT2D eigenvalue weighted by atomic mass is 16.3. The monoisotopic (exact) mass is 263 g/mol. The van der Waals surface area contributed by atoms with Gasteiger partial charge in [0.05, 0.1) is 11.3 Å². The number of carbonyl (C=O) groups is 2. The van der Waals surface area contributed by atoms with Crippen molar-refractivity contribution < 1.29 is 14.7 Å². The Bertz CT molecular complexity index is 578. The van der Waals surface area contributed by atoms with E-state index in [9.17, 15) is 14.7 Å². The van der Waals surface area contributed by atoms with Crippen molar-refractivity contribution in [2.75, 3.05) is 0 Å². The van der Waals surface area contributed by atoms with Crippen LogP contribution in [0.4, 0.5) is 0 Å². The highest BCUT2D eigenvalue weighted by Gasteiger charge is 2.25. The zero-order valence-electron chi connectivity index (χ0n) is 10.9. The van der Waals surface area contributed by atoms with E-state index in [0.717, 1.165) is 0 Å². The number of hydrogen-bond donors (Lipinski definition) is 3. The summed E-state index contributed by atoms with van der Waals surface area (Å²) >= 11 is 0. The maximum Gasteiger partial charge on any atom is 0.289 e. The highest BCUT2D eigenvalue weighted by Crippen LogP contribution is 2.24. The molecule has 0 fully saturated rings. The molecule has 1 aromatic rings. The largest absolute Gasteiger partial charge is 0.506 e. The molecule has 1 amide bonds. The summed E-state index contributed by atoms with van der Waals surface area (Å²) in [6, 6.07) is 0. The van der Waals surface area contributed by atoms with Crippen LogP contribution in [0, 0.1) is 0 Å². The van der Waals surface area contributed by atoms with Gasteiger partial charge in [-0.25, -0.2) is 0 Å². The van der Waals surface area contributed by atoms with Crippen molar-refractivity contribution in [3.05, 3.63) is 35.3 Å². The fourth-order valence-electron chi connectivity index (χ4n) is 1.84. The smallest absolute Gasteiger partial charge is 0.289 e. The molecule has 0 spiro atoms. The summed E-state index contributed by atoms with van der Waals surface area (Å²) in [6.45, 7) is 6.88. The number of aliphatic hydroxyl groups excluding tert-OH is 1. The third kappa shape index (κ3) is 2.85. The minimum absolute atomic E-state index is 0.0694. The molecule has 1 rings (SSSR count). The topological polar surface area (TPSA) is 111 Å². The van der Waals surface area contributed by atoms with Crippen molar-refractivity contribution in [1.82, 2.24) is 4.57 Å². The number of rotatable bonds is 5. The van der Waals surface area contributed by atoms with Gasteiger partial charge in [-0.05, 0) is 18.9 Å². The van der Waals surface area contributed by atoms with E-state index < -0.39 is 11.7 Å². The number of aromatic nitrogens is 1. The van der Waals surface area contributed by atoms with Crippen molar-refractivity contribution in [3.8, 4) is 0 Å². The second kappa shape index (κ2) is 5.43. The molecule has 0 aliphatic heterocycles. The Morgan fingerprint density at radius 3 is 2.42 bits per heavy atom. The normalized spacial score (nSPS) is 11.4. The summed E-state index contributed by atoms with van der Waals surface area (Å²) in [5.74, 6) is -2.27. The van der Waals surface area contributed by atoms with Gasteiger partial charge in [-0.15, -0.1) is 0 Å². The Morgan fingerprint density at radius 2 is 2.05 bits per heavy atom. The molecular weight excluding hydrogens is 246 g/mol. The van der Waals surface area contributed by atoms with E-state index in [1.54, 1.807) is 13.1 Å². The average Bonchev–Trinajstić information content (AvgIpc) is 2.65. The number of aliphatic hydroxyl groups is 1. The first-order valence-electron chi connectivity index (χ1n) is 5.69. The van der Waals surface area contributed by atoms with E-state index in [1.165, 1.54) is 10.8 Å². The third-order valence-electron chi connectivity index (χ3n) is 2.56. The van der Waals surface area contributed by atoms with E-state index in [2.05, 4.69) is 6.58 Å². The highest BCUT2D eigenvalue weighted by molar-refractivity contribution is 6.43. The zero-order valence-corrected chi connectivity index (χ0v) is 10.9. The van der Waals surface area contributed by atoms with E-state index in [1.807, 2.05) is 6.92 Å². The second-order valence-electron chi connectivity index (χ2n) is 4.15. The van der Waals surface area contributed by atoms with Crippen molar-refractivity contribution in [2.24, 2.45) is 11.5 Å². The average molecular weight is 263 g/mol. The Morgan fingerprint density at radius 1 is 1.47 bits per heavy atom. The van der Waals surface area contributed by atoms with Gasteiger partial charge >= 0.3 is 0 Å². The Kier molecular flexibility index (Phi) is 4.16. The van der Waals surface area contributed by atoms with E-state index >= 15 is 0 Å². The number of allylic oxidation sites excluding steroid dienone is 1. The number of primary amides is 1. The Labute approximate surface area is 111 Å². The number of Topliss-reactive ketones (excluding diaryl/α,β-unsaturated/α-hetero) is 1.